The van der Waals surface area contributed by atoms with Crippen LogP contribution in [0.3, 0.4) is 0 Å². The smallest absolute Gasteiger partial charge is 0.288 e. The van der Waals surface area contributed by atoms with E-state index in [2.05, 4.69) is 4.98 Å². The second kappa shape index (κ2) is 5.31. The van der Waals surface area contributed by atoms with Crippen molar-refractivity contribution in [3.05, 3.63) is 57.4 Å². The molecule has 0 aliphatic rings. The predicted molar refractivity (Wildman–Crippen MR) is 83.6 cm³/mol. The number of aryl methyl sites for hydroxylation is 1. The largest absolute Gasteiger partial charge is 0.457 e. The van der Waals surface area contributed by atoms with Crippen LogP contribution in [0.25, 0.3) is 11.0 Å². The van der Waals surface area contributed by atoms with Crippen LogP contribution in [0, 0.1) is 17.0 Å². The lowest BCUT2D eigenvalue weighted by molar-refractivity contribution is -0.384. The van der Waals surface area contributed by atoms with Crippen LogP contribution in [0.2, 0.25) is 5.02 Å². The summed E-state index contributed by atoms with van der Waals surface area (Å²) in [7, 11) is 1.91. The van der Waals surface area contributed by atoms with Crippen LogP contribution in [-0.4, -0.2) is 14.5 Å². The van der Waals surface area contributed by atoms with E-state index in [0.29, 0.717) is 17.1 Å². The molecule has 112 valence electrons. The number of benzene rings is 2. The van der Waals surface area contributed by atoms with E-state index in [1.54, 1.807) is 19.3 Å². The third-order valence-corrected chi connectivity index (χ3v) is 3.91. The molecule has 0 saturated carbocycles. The molecule has 0 aliphatic carbocycles. The average molecular weight is 318 g/mol. The number of rotatable bonds is 3. The van der Waals surface area contributed by atoms with Crippen LogP contribution in [0.4, 0.5) is 5.69 Å². The van der Waals surface area contributed by atoms with Gasteiger partial charge in [0.15, 0.2) is 0 Å². The molecule has 0 bridgehead atoms. The zero-order valence-corrected chi connectivity index (χ0v) is 12.7. The Hall–Kier alpha value is -2.60. The molecule has 3 aromatic rings. The number of ether oxygens (including phenoxy) is 1. The molecule has 0 radical (unpaired) electrons. The second-order valence-corrected chi connectivity index (χ2v) is 5.26. The second-order valence-electron chi connectivity index (χ2n) is 4.89. The molecular weight excluding hydrogens is 306 g/mol. The lowest BCUT2D eigenvalue weighted by atomic mass is 10.2. The van der Waals surface area contributed by atoms with Crippen LogP contribution < -0.4 is 4.74 Å². The molecule has 0 N–H and O–H groups in total. The van der Waals surface area contributed by atoms with Gasteiger partial charge in [-0.1, -0.05) is 11.6 Å². The molecule has 1 aromatic heterocycles. The van der Waals surface area contributed by atoms with Crippen molar-refractivity contribution in [1.82, 2.24) is 9.55 Å². The number of halogens is 1. The highest BCUT2D eigenvalue weighted by molar-refractivity contribution is 6.33. The Kier molecular flexibility index (Phi) is 3.46. The molecule has 6 nitrogen and oxygen atoms in total. The fraction of sp³-hybridized carbons (Fsp3) is 0.133. The summed E-state index contributed by atoms with van der Waals surface area (Å²) in [5.74, 6) is 1.07. The van der Waals surface area contributed by atoms with E-state index in [9.17, 15) is 10.1 Å². The van der Waals surface area contributed by atoms with Gasteiger partial charge in [0, 0.05) is 24.7 Å². The van der Waals surface area contributed by atoms with E-state index in [-0.39, 0.29) is 10.7 Å². The highest BCUT2D eigenvalue weighted by Crippen LogP contribution is 2.36. The van der Waals surface area contributed by atoms with Gasteiger partial charge in [-0.25, -0.2) is 4.98 Å². The van der Waals surface area contributed by atoms with Crippen molar-refractivity contribution in [2.45, 2.75) is 6.92 Å². The number of hydrogen-bond acceptors (Lipinski definition) is 4. The minimum atomic E-state index is -0.515. The minimum absolute atomic E-state index is 0.0846. The minimum Gasteiger partial charge on any atom is -0.457 e. The summed E-state index contributed by atoms with van der Waals surface area (Å²) in [5, 5.41) is 10.9. The summed E-state index contributed by atoms with van der Waals surface area (Å²) < 4.78 is 7.70. The Morgan fingerprint density at radius 2 is 2.09 bits per heavy atom. The molecule has 0 spiro atoms. The maximum absolute atomic E-state index is 10.9. The maximum atomic E-state index is 10.9. The predicted octanol–water partition coefficient (Wildman–Crippen LogP) is 4.24. The number of nitro groups is 1. The fourth-order valence-corrected chi connectivity index (χ4v) is 2.44. The summed E-state index contributed by atoms with van der Waals surface area (Å²) >= 11 is 6.02. The quantitative estimate of drug-likeness (QED) is 0.535. The average Bonchev–Trinajstić information content (AvgIpc) is 2.85. The van der Waals surface area contributed by atoms with Gasteiger partial charge in [-0.3, -0.25) is 10.1 Å². The SMILES string of the molecule is Cc1c(Oc2ccc3c(c2)ncn3C)ccc([N+](=O)[O-])c1Cl. The summed E-state index contributed by atoms with van der Waals surface area (Å²) in [5.41, 5.74) is 2.19. The Bertz CT molecular complexity index is 889. The van der Waals surface area contributed by atoms with Crippen molar-refractivity contribution in [2.24, 2.45) is 7.05 Å². The van der Waals surface area contributed by atoms with Crippen molar-refractivity contribution < 1.29 is 9.66 Å². The van der Waals surface area contributed by atoms with Gasteiger partial charge in [-0.05, 0) is 25.1 Å². The Labute approximate surface area is 131 Å². The summed E-state index contributed by atoms with van der Waals surface area (Å²) in [4.78, 5) is 14.6. The first-order chi connectivity index (χ1) is 10.5. The van der Waals surface area contributed by atoms with Crippen molar-refractivity contribution >= 4 is 28.3 Å². The van der Waals surface area contributed by atoms with Gasteiger partial charge < -0.3 is 9.30 Å². The van der Waals surface area contributed by atoms with E-state index in [1.165, 1.54) is 6.07 Å². The molecule has 2 aromatic carbocycles. The van der Waals surface area contributed by atoms with Gasteiger partial charge in [0.05, 0.1) is 22.3 Å². The monoisotopic (exact) mass is 317 g/mol. The molecule has 7 heteroatoms. The van der Waals surface area contributed by atoms with Crippen molar-refractivity contribution in [2.75, 3.05) is 0 Å². The molecule has 0 aliphatic heterocycles. The standard InChI is InChI=1S/C15H12ClN3O3/c1-9-14(6-5-13(15(9)16)19(20)21)22-10-3-4-12-11(7-10)17-8-18(12)2/h3-8H,1-2H3. The molecular formula is C15H12ClN3O3. The summed E-state index contributed by atoms with van der Waals surface area (Å²) in [6.45, 7) is 1.68. The normalized spacial score (nSPS) is 10.9. The first-order valence-corrected chi connectivity index (χ1v) is 6.87. The molecule has 0 unspecified atom stereocenters. The van der Waals surface area contributed by atoms with E-state index in [4.69, 9.17) is 16.3 Å². The first-order valence-electron chi connectivity index (χ1n) is 6.50. The third-order valence-electron chi connectivity index (χ3n) is 3.44. The number of imidazole rings is 1. The number of hydrogen-bond donors (Lipinski definition) is 0. The van der Waals surface area contributed by atoms with Gasteiger partial charge in [-0.15, -0.1) is 0 Å². The summed E-state index contributed by atoms with van der Waals surface area (Å²) in [6, 6.07) is 8.41. The lowest BCUT2D eigenvalue weighted by Gasteiger charge is -2.10. The van der Waals surface area contributed by atoms with Crippen molar-refractivity contribution in [1.29, 1.82) is 0 Å². The van der Waals surface area contributed by atoms with E-state index < -0.39 is 4.92 Å². The Morgan fingerprint density at radius 1 is 1.32 bits per heavy atom. The Balaban J connectivity index is 1.97. The maximum Gasteiger partial charge on any atom is 0.288 e. The number of nitro benzene ring substituents is 1. The number of nitrogens with zero attached hydrogens (tertiary/aromatic N) is 3. The van der Waals surface area contributed by atoms with Gasteiger partial charge in [0.2, 0.25) is 0 Å². The molecule has 0 fully saturated rings. The molecule has 1 heterocycles. The van der Waals surface area contributed by atoms with Crippen LogP contribution in [-0.2, 0) is 7.05 Å². The first kappa shape index (κ1) is 14.3. The summed E-state index contributed by atoms with van der Waals surface area (Å²) in [6.07, 6.45) is 1.72. The van der Waals surface area contributed by atoms with E-state index in [0.717, 1.165) is 11.0 Å². The van der Waals surface area contributed by atoms with Crippen molar-refractivity contribution in [3.63, 3.8) is 0 Å². The Morgan fingerprint density at radius 3 is 2.82 bits per heavy atom. The van der Waals surface area contributed by atoms with Gasteiger partial charge in [0.25, 0.3) is 5.69 Å². The molecule has 0 amide bonds. The van der Waals surface area contributed by atoms with Crippen LogP contribution in [0.1, 0.15) is 5.56 Å². The molecule has 0 saturated heterocycles. The number of aromatic nitrogens is 2. The highest BCUT2D eigenvalue weighted by atomic mass is 35.5. The molecule has 3 rings (SSSR count). The van der Waals surface area contributed by atoms with Crippen LogP contribution in [0.15, 0.2) is 36.7 Å². The van der Waals surface area contributed by atoms with Gasteiger partial charge in [0.1, 0.15) is 16.5 Å². The fourth-order valence-electron chi connectivity index (χ4n) is 2.21. The molecule has 22 heavy (non-hydrogen) atoms. The number of fused-ring (bicyclic) bond motifs is 1. The van der Waals surface area contributed by atoms with Crippen LogP contribution >= 0.6 is 11.6 Å². The van der Waals surface area contributed by atoms with Crippen molar-refractivity contribution in [3.8, 4) is 11.5 Å². The van der Waals surface area contributed by atoms with Gasteiger partial charge in [-0.2, -0.15) is 0 Å². The van der Waals surface area contributed by atoms with Gasteiger partial charge >= 0.3 is 0 Å². The van der Waals surface area contributed by atoms with Crippen LogP contribution in [0.5, 0.6) is 11.5 Å². The highest BCUT2D eigenvalue weighted by Gasteiger charge is 2.17. The lowest BCUT2D eigenvalue weighted by Crippen LogP contribution is -1.94. The zero-order chi connectivity index (χ0) is 15.9. The topological polar surface area (TPSA) is 70.2 Å². The van der Waals surface area contributed by atoms with E-state index >= 15 is 0 Å². The molecule has 0 atom stereocenters. The van der Waals surface area contributed by atoms with E-state index in [1.807, 2.05) is 29.8 Å². The third kappa shape index (κ3) is 2.37. The zero-order valence-electron chi connectivity index (χ0n) is 11.9.